The number of carbonyl (C=O) groups excluding carboxylic acids is 1. The number of hydrogen-bond acceptors (Lipinski definition) is 3. The molecule has 0 amide bonds. The summed E-state index contributed by atoms with van der Waals surface area (Å²) in [6.07, 6.45) is -0.843. The highest BCUT2D eigenvalue weighted by molar-refractivity contribution is 5.94. The second-order valence-corrected chi connectivity index (χ2v) is 4.66. The number of alkyl halides is 1. The topological polar surface area (TPSA) is 38.3 Å². The number of carbonyl (C=O) groups is 1. The Kier molecular flexibility index (Phi) is 3.59. The van der Waals surface area contributed by atoms with Crippen LogP contribution in [0.2, 0.25) is 0 Å². The van der Waals surface area contributed by atoms with Crippen LogP contribution in [0.1, 0.15) is 33.0 Å². The number of benzene rings is 1. The molecule has 98 valence electrons. The summed E-state index contributed by atoms with van der Waals surface area (Å²) < 4.78 is 18.7. The summed E-state index contributed by atoms with van der Waals surface area (Å²) in [4.78, 5) is 11.4. The summed E-state index contributed by atoms with van der Waals surface area (Å²) in [6.45, 7) is 3.35. The fraction of sp³-hybridized carbons (Fsp3) is 0.462. The Morgan fingerprint density at radius 2 is 2.17 bits per heavy atom. The standard InChI is InChI=1S/C13H14FNO2.ClH/c1-7-8(10-4-15-5-12(10)14)2-3-9-11(7)6-17-13(9)16;/h2-3,10,12,15H,4-6H2,1H3;1H. The van der Waals surface area contributed by atoms with Crippen LogP contribution in [0.25, 0.3) is 0 Å². The highest BCUT2D eigenvalue weighted by atomic mass is 35.5. The molecule has 2 unspecified atom stereocenters. The van der Waals surface area contributed by atoms with Gasteiger partial charge in [-0.05, 0) is 24.1 Å². The van der Waals surface area contributed by atoms with Crippen molar-refractivity contribution in [3.05, 3.63) is 34.4 Å². The largest absolute Gasteiger partial charge is 0.457 e. The van der Waals surface area contributed by atoms with Gasteiger partial charge in [-0.25, -0.2) is 9.18 Å². The van der Waals surface area contributed by atoms with Crippen molar-refractivity contribution in [1.29, 1.82) is 0 Å². The minimum atomic E-state index is -0.843. The molecule has 1 aromatic carbocycles. The van der Waals surface area contributed by atoms with Crippen molar-refractivity contribution >= 4 is 18.4 Å². The molecule has 5 heteroatoms. The van der Waals surface area contributed by atoms with E-state index in [0.717, 1.165) is 16.7 Å². The Labute approximate surface area is 111 Å². The van der Waals surface area contributed by atoms with Gasteiger partial charge in [-0.3, -0.25) is 0 Å². The maximum absolute atomic E-state index is 13.7. The van der Waals surface area contributed by atoms with E-state index in [9.17, 15) is 9.18 Å². The van der Waals surface area contributed by atoms with Crippen molar-refractivity contribution in [1.82, 2.24) is 5.32 Å². The number of cyclic esters (lactones) is 1. The molecule has 0 saturated carbocycles. The molecular formula is C13H15ClFNO2. The number of nitrogens with one attached hydrogen (secondary N) is 1. The molecule has 3 nitrogen and oxygen atoms in total. The lowest BCUT2D eigenvalue weighted by Gasteiger charge is -2.16. The SMILES string of the molecule is Cc1c(C2CNCC2F)ccc2c1COC2=O.Cl. The predicted molar refractivity (Wildman–Crippen MR) is 68.1 cm³/mol. The van der Waals surface area contributed by atoms with Gasteiger partial charge in [0, 0.05) is 24.6 Å². The summed E-state index contributed by atoms with van der Waals surface area (Å²) in [5.41, 5.74) is 3.56. The zero-order valence-corrected chi connectivity index (χ0v) is 10.8. The van der Waals surface area contributed by atoms with Crippen molar-refractivity contribution in [2.45, 2.75) is 25.6 Å². The molecule has 0 spiro atoms. The first kappa shape index (κ1) is 13.3. The van der Waals surface area contributed by atoms with Gasteiger partial charge in [-0.15, -0.1) is 12.4 Å². The van der Waals surface area contributed by atoms with E-state index >= 15 is 0 Å². The highest BCUT2D eigenvalue weighted by Crippen LogP contribution is 2.33. The molecular weight excluding hydrogens is 257 g/mol. The summed E-state index contributed by atoms with van der Waals surface area (Å²) in [7, 11) is 0. The van der Waals surface area contributed by atoms with Crippen molar-refractivity contribution in [2.75, 3.05) is 13.1 Å². The van der Waals surface area contributed by atoms with Crippen LogP contribution in [-0.4, -0.2) is 25.2 Å². The Hall–Kier alpha value is -1.13. The fourth-order valence-corrected chi connectivity index (χ4v) is 2.72. The van der Waals surface area contributed by atoms with E-state index in [0.29, 0.717) is 25.3 Å². The predicted octanol–water partition coefficient (Wildman–Crippen LogP) is 2.11. The Morgan fingerprint density at radius 3 is 2.83 bits per heavy atom. The molecule has 2 aliphatic rings. The van der Waals surface area contributed by atoms with Gasteiger partial charge in [0.1, 0.15) is 12.8 Å². The molecule has 1 N–H and O–H groups in total. The third kappa shape index (κ3) is 1.89. The maximum Gasteiger partial charge on any atom is 0.338 e. The second-order valence-electron chi connectivity index (χ2n) is 4.66. The number of halogens is 2. The summed E-state index contributed by atoms with van der Waals surface area (Å²) in [6, 6.07) is 3.63. The number of esters is 1. The van der Waals surface area contributed by atoms with E-state index < -0.39 is 6.17 Å². The molecule has 1 saturated heterocycles. The average molecular weight is 272 g/mol. The monoisotopic (exact) mass is 271 g/mol. The van der Waals surface area contributed by atoms with Crippen LogP contribution in [-0.2, 0) is 11.3 Å². The van der Waals surface area contributed by atoms with Crippen molar-refractivity contribution in [3.8, 4) is 0 Å². The zero-order valence-electron chi connectivity index (χ0n) is 10.0. The first-order valence-electron chi connectivity index (χ1n) is 5.82. The van der Waals surface area contributed by atoms with E-state index in [-0.39, 0.29) is 24.3 Å². The Bertz CT molecular complexity index is 492. The average Bonchev–Trinajstić information content (AvgIpc) is 2.88. The minimum absolute atomic E-state index is 0. The minimum Gasteiger partial charge on any atom is -0.457 e. The molecule has 1 aromatic rings. The van der Waals surface area contributed by atoms with Gasteiger partial charge >= 0.3 is 5.97 Å². The van der Waals surface area contributed by atoms with Crippen LogP contribution in [0.5, 0.6) is 0 Å². The number of fused-ring (bicyclic) bond motifs is 1. The van der Waals surface area contributed by atoms with Gasteiger partial charge in [-0.1, -0.05) is 6.07 Å². The second kappa shape index (κ2) is 4.86. The smallest absolute Gasteiger partial charge is 0.338 e. The van der Waals surface area contributed by atoms with Crippen molar-refractivity contribution in [3.63, 3.8) is 0 Å². The first-order valence-corrected chi connectivity index (χ1v) is 5.82. The molecule has 1 fully saturated rings. The summed E-state index contributed by atoms with van der Waals surface area (Å²) >= 11 is 0. The molecule has 0 bridgehead atoms. The number of ether oxygens (including phenoxy) is 1. The van der Waals surface area contributed by atoms with Gasteiger partial charge in [0.2, 0.25) is 0 Å². The van der Waals surface area contributed by atoms with Crippen LogP contribution in [0.3, 0.4) is 0 Å². The van der Waals surface area contributed by atoms with Crippen LogP contribution < -0.4 is 5.32 Å². The molecule has 2 aliphatic heterocycles. The molecule has 2 heterocycles. The lowest BCUT2D eigenvalue weighted by atomic mass is 9.89. The van der Waals surface area contributed by atoms with Crippen LogP contribution in [0.4, 0.5) is 4.39 Å². The highest BCUT2D eigenvalue weighted by Gasteiger charge is 2.32. The Balaban J connectivity index is 0.00000120. The third-order valence-electron chi connectivity index (χ3n) is 3.75. The molecule has 0 aliphatic carbocycles. The number of hydrogen-bond donors (Lipinski definition) is 1. The molecule has 18 heavy (non-hydrogen) atoms. The maximum atomic E-state index is 13.7. The summed E-state index contributed by atoms with van der Waals surface area (Å²) in [5, 5.41) is 3.05. The van der Waals surface area contributed by atoms with Crippen LogP contribution in [0.15, 0.2) is 12.1 Å². The molecule has 0 aromatic heterocycles. The normalized spacial score (nSPS) is 25.6. The first-order chi connectivity index (χ1) is 8.18. The van der Waals surface area contributed by atoms with E-state index in [2.05, 4.69) is 5.32 Å². The fourth-order valence-electron chi connectivity index (χ4n) is 2.72. The van der Waals surface area contributed by atoms with Gasteiger partial charge in [0.05, 0.1) is 5.56 Å². The van der Waals surface area contributed by atoms with Crippen molar-refractivity contribution in [2.24, 2.45) is 0 Å². The van der Waals surface area contributed by atoms with Gasteiger partial charge in [-0.2, -0.15) is 0 Å². The molecule has 2 atom stereocenters. The summed E-state index contributed by atoms with van der Waals surface area (Å²) in [5.74, 6) is -0.369. The lowest BCUT2D eigenvalue weighted by Crippen LogP contribution is -2.13. The van der Waals surface area contributed by atoms with Crippen LogP contribution in [0, 0.1) is 6.92 Å². The third-order valence-corrected chi connectivity index (χ3v) is 3.75. The van der Waals surface area contributed by atoms with Gasteiger partial charge in [0.25, 0.3) is 0 Å². The van der Waals surface area contributed by atoms with Gasteiger partial charge < -0.3 is 10.1 Å². The van der Waals surface area contributed by atoms with Crippen LogP contribution >= 0.6 is 12.4 Å². The lowest BCUT2D eigenvalue weighted by molar-refractivity contribution is 0.0535. The Morgan fingerprint density at radius 1 is 1.39 bits per heavy atom. The van der Waals surface area contributed by atoms with E-state index in [1.165, 1.54) is 0 Å². The zero-order chi connectivity index (χ0) is 12.0. The molecule has 3 rings (SSSR count). The van der Waals surface area contributed by atoms with Crippen molar-refractivity contribution < 1.29 is 13.9 Å². The quantitative estimate of drug-likeness (QED) is 0.795. The van der Waals surface area contributed by atoms with E-state index in [4.69, 9.17) is 4.74 Å². The molecule has 0 radical (unpaired) electrons. The van der Waals surface area contributed by atoms with E-state index in [1.54, 1.807) is 6.07 Å². The number of rotatable bonds is 1. The van der Waals surface area contributed by atoms with E-state index in [1.807, 2.05) is 13.0 Å². The van der Waals surface area contributed by atoms with Gasteiger partial charge in [0.15, 0.2) is 0 Å².